The highest BCUT2D eigenvalue weighted by Crippen LogP contribution is 2.19. The molecule has 0 saturated heterocycles. The van der Waals surface area contributed by atoms with Gasteiger partial charge in [-0.25, -0.2) is 14.2 Å². The highest BCUT2D eigenvalue weighted by Gasteiger charge is 2.11. The summed E-state index contributed by atoms with van der Waals surface area (Å²) in [6.45, 7) is 1.62. The van der Waals surface area contributed by atoms with Gasteiger partial charge in [-0.05, 0) is 25.1 Å². The van der Waals surface area contributed by atoms with Gasteiger partial charge in [-0.3, -0.25) is 4.79 Å². The number of methoxy groups -OCH3 is 1. The molecule has 6 heteroatoms. The highest BCUT2D eigenvalue weighted by molar-refractivity contribution is 5.90. The van der Waals surface area contributed by atoms with Gasteiger partial charge in [0.1, 0.15) is 11.6 Å². The van der Waals surface area contributed by atoms with E-state index in [1.165, 1.54) is 25.3 Å². The van der Waals surface area contributed by atoms with Crippen LogP contribution in [0, 0.1) is 12.7 Å². The van der Waals surface area contributed by atoms with Gasteiger partial charge in [0.15, 0.2) is 0 Å². The molecule has 0 atom stereocenters. The van der Waals surface area contributed by atoms with Crippen LogP contribution in [0.2, 0.25) is 0 Å². The SMILES string of the molecule is COC(=O)c1cc(F)cc(-c2cc(=O)[nH]c(C)n2)c1. The Morgan fingerprint density at radius 2 is 2.05 bits per heavy atom. The second kappa shape index (κ2) is 5.01. The molecule has 2 aromatic rings. The van der Waals surface area contributed by atoms with Gasteiger partial charge >= 0.3 is 5.97 Å². The van der Waals surface area contributed by atoms with Crippen LogP contribution < -0.4 is 5.56 Å². The van der Waals surface area contributed by atoms with E-state index in [9.17, 15) is 14.0 Å². The summed E-state index contributed by atoms with van der Waals surface area (Å²) in [5, 5.41) is 0. The van der Waals surface area contributed by atoms with Gasteiger partial charge in [0.05, 0.1) is 18.4 Å². The van der Waals surface area contributed by atoms with Crippen LogP contribution in [0.4, 0.5) is 4.39 Å². The van der Waals surface area contributed by atoms with Crippen molar-refractivity contribution in [1.29, 1.82) is 0 Å². The third-order valence-electron chi connectivity index (χ3n) is 2.47. The standard InChI is InChI=1S/C13H11FN2O3/c1-7-15-11(6-12(17)16-7)8-3-9(13(18)19-2)5-10(14)4-8/h3-6H,1-2H3,(H,15,16,17). The number of carbonyl (C=O) groups is 1. The molecule has 2 rings (SSSR count). The second-order valence-electron chi connectivity index (χ2n) is 3.94. The third-order valence-corrected chi connectivity index (χ3v) is 2.47. The fourth-order valence-electron chi connectivity index (χ4n) is 1.70. The van der Waals surface area contributed by atoms with Gasteiger partial charge in [0, 0.05) is 11.6 Å². The minimum absolute atomic E-state index is 0.0669. The van der Waals surface area contributed by atoms with E-state index in [0.29, 0.717) is 17.1 Å². The number of H-pyrrole nitrogens is 1. The molecule has 0 spiro atoms. The molecule has 0 aliphatic rings. The zero-order valence-electron chi connectivity index (χ0n) is 10.4. The Balaban J connectivity index is 2.59. The summed E-state index contributed by atoms with van der Waals surface area (Å²) in [6, 6.07) is 4.93. The van der Waals surface area contributed by atoms with E-state index < -0.39 is 11.8 Å². The number of carbonyl (C=O) groups excluding carboxylic acids is 1. The lowest BCUT2D eigenvalue weighted by atomic mass is 10.1. The van der Waals surface area contributed by atoms with E-state index in [1.54, 1.807) is 6.92 Å². The smallest absolute Gasteiger partial charge is 0.337 e. The number of nitrogens with zero attached hydrogens (tertiary/aromatic N) is 1. The summed E-state index contributed by atoms with van der Waals surface area (Å²) in [5.74, 6) is -0.841. The van der Waals surface area contributed by atoms with Crippen LogP contribution in [-0.2, 0) is 4.74 Å². The van der Waals surface area contributed by atoms with Crippen molar-refractivity contribution < 1.29 is 13.9 Å². The molecule has 1 N–H and O–H groups in total. The normalized spacial score (nSPS) is 10.3. The Hall–Kier alpha value is -2.50. The number of hydrogen-bond acceptors (Lipinski definition) is 4. The van der Waals surface area contributed by atoms with Crippen LogP contribution in [0.25, 0.3) is 11.3 Å². The van der Waals surface area contributed by atoms with E-state index in [0.717, 1.165) is 6.07 Å². The Morgan fingerprint density at radius 3 is 2.68 bits per heavy atom. The zero-order chi connectivity index (χ0) is 14.0. The summed E-state index contributed by atoms with van der Waals surface area (Å²) >= 11 is 0. The molecule has 1 heterocycles. The highest BCUT2D eigenvalue weighted by atomic mass is 19.1. The van der Waals surface area contributed by atoms with E-state index in [-0.39, 0.29) is 11.1 Å². The number of hydrogen-bond donors (Lipinski definition) is 1. The van der Waals surface area contributed by atoms with Gasteiger partial charge in [-0.15, -0.1) is 0 Å². The first kappa shape index (κ1) is 12.9. The third kappa shape index (κ3) is 2.85. The maximum absolute atomic E-state index is 13.5. The topological polar surface area (TPSA) is 72.1 Å². The zero-order valence-corrected chi connectivity index (χ0v) is 10.4. The van der Waals surface area contributed by atoms with Crippen molar-refractivity contribution >= 4 is 5.97 Å². The quantitative estimate of drug-likeness (QED) is 0.836. The number of esters is 1. The molecular formula is C13H11FN2O3. The summed E-state index contributed by atoms with van der Waals surface area (Å²) in [4.78, 5) is 29.4. The molecule has 0 fully saturated rings. The minimum Gasteiger partial charge on any atom is -0.465 e. The molecule has 1 aromatic carbocycles. The predicted molar refractivity (Wildman–Crippen MR) is 66.3 cm³/mol. The molecular weight excluding hydrogens is 251 g/mol. The average molecular weight is 262 g/mol. The molecule has 0 amide bonds. The number of aromatic amines is 1. The van der Waals surface area contributed by atoms with Crippen LogP contribution in [0.15, 0.2) is 29.1 Å². The number of halogens is 1. The van der Waals surface area contributed by atoms with E-state index in [4.69, 9.17) is 0 Å². The Kier molecular flexibility index (Phi) is 3.41. The molecule has 1 aromatic heterocycles. The summed E-state index contributed by atoms with van der Waals surface area (Å²) in [7, 11) is 1.21. The van der Waals surface area contributed by atoms with Crippen molar-refractivity contribution in [2.75, 3.05) is 7.11 Å². The molecule has 19 heavy (non-hydrogen) atoms. The maximum atomic E-state index is 13.5. The van der Waals surface area contributed by atoms with Crippen LogP contribution in [-0.4, -0.2) is 23.0 Å². The lowest BCUT2D eigenvalue weighted by Crippen LogP contribution is -2.09. The second-order valence-corrected chi connectivity index (χ2v) is 3.94. The van der Waals surface area contributed by atoms with Crippen molar-refractivity contribution in [1.82, 2.24) is 9.97 Å². The van der Waals surface area contributed by atoms with Gasteiger partial charge in [0.2, 0.25) is 0 Å². The summed E-state index contributed by atoms with van der Waals surface area (Å²) in [5.41, 5.74) is 0.365. The van der Waals surface area contributed by atoms with E-state index >= 15 is 0 Å². The largest absolute Gasteiger partial charge is 0.465 e. The lowest BCUT2D eigenvalue weighted by Gasteiger charge is -2.05. The number of rotatable bonds is 2. The molecule has 98 valence electrons. The van der Waals surface area contributed by atoms with Crippen LogP contribution in [0.1, 0.15) is 16.2 Å². The van der Waals surface area contributed by atoms with Crippen molar-refractivity contribution in [2.45, 2.75) is 6.92 Å². The molecule has 0 bridgehead atoms. The first-order valence-corrected chi connectivity index (χ1v) is 5.47. The maximum Gasteiger partial charge on any atom is 0.337 e. The number of nitrogens with one attached hydrogen (secondary N) is 1. The van der Waals surface area contributed by atoms with Crippen molar-refractivity contribution in [2.24, 2.45) is 0 Å². The van der Waals surface area contributed by atoms with Gasteiger partial charge in [-0.2, -0.15) is 0 Å². The first-order valence-electron chi connectivity index (χ1n) is 5.47. The number of aromatic nitrogens is 2. The van der Waals surface area contributed by atoms with Crippen molar-refractivity contribution in [3.63, 3.8) is 0 Å². The van der Waals surface area contributed by atoms with Gasteiger partial charge in [0.25, 0.3) is 5.56 Å². The van der Waals surface area contributed by atoms with Crippen LogP contribution >= 0.6 is 0 Å². The molecule has 5 nitrogen and oxygen atoms in total. The Bertz CT molecular complexity index is 695. The average Bonchev–Trinajstić information content (AvgIpc) is 2.36. The lowest BCUT2D eigenvalue weighted by molar-refractivity contribution is 0.0600. The van der Waals surface area contributed by atoms with E-state index in [1.807, 2.05) is 0 Å². The Labute approximate surface area is 108 Å². The number of aryl methyl sites for hydroxylation is 1. The number of ether oxygens (including phenoxy) is 1. The van der Waals surface area contributed by atoms with Gasteiger partial charge in [-0.1, -0.05) is 0 Å². The summed E-state index contributed by atoms with van der Waals surface area (Å²) in [6.07, 6.45) is 0. The van der Waals surface area contributed by atoms with Crippen molar-refractivity contribution in [3.05, 3.63) is 51.8 Å². The molecule has 0 aliphatic carbocycles. The molecule has 0 saturated carbocycles. The van der Waals surface area contributed by atoms with Crippen LogP contribution in [0.3, 0.4) is 0 Å². The van der Waals surface area contributed by atoms with Crippen LogP contribution in [0.5, 0.6) is 0 Å². The fourth-order valence-corrected chi connectivity index (χ4v) is 1.70. The Morgan fingerprint density at radius 1 is 1.32 bits per heavy atom. The van der Waals surface area contributed by atoms with Crippen molar-refractivity contribution in [3.8, 4) is 11.3 Å². The number of benzene rings is 1. The molecule has 0 aliphatic heterocycles. The predicted octanol–water partition coefficient (Wildman–Crippen LogP) is 1.67. The first-order chi connectivity index (χ1) is 8.99. The molecule has 0 radical (unpaired) electrons. The monoisotopic (exact) mass is 262 g/mol. The minimum atomic E-state index is -0.651. The van der Waals surface area contributed by atoms with E-state index in [2.05, 4.69) is 14.7 Å². The summed E-state index contributed by atoms with van der Waals surface area (Å²) < 4.78 is 18.0. The van der Waals surface area contributed by atoms with Gasteiger partial charge < -0.3 is 9.72 Å². The molecule has 0 unspecified atom stereocenters. The fraction of sp³-hybridized carbons (Fsp3) is 0.154.